The number of ether oxygens (including phenoxy) is 1. The first kappa shape index (κ1) is 19.5. The fourth-order valence-corrected chi connectivity index (χ4v) is 4.11. The lowest BCUT2D eigenvalue weighted by Gasteiger charge is -2.27. The third kappa shape index (κ3) is 4.74. The smallest absolute Gasteiger partial charge is 0.411 e. The average molecular weight is 393 g/mol. The Bertz CT molecular complexity index is 846. The summed E-state index contributed by atoms with van der Waals surface area (Å²) >= 11 is 1.53. The van der Waals surface area contributed by atoms with Crippen LogP contribution in [0.4, 0.5) is 9.18 Å². The second-order valence-electron chi connectivity index (χ2n) is 7.51. The lowest BCUT2D eigenvalue weighted by molar-refractivity contribution is -0.125. The summed E-state index contributed by atoms with van der Waals surface area (Å²) in [7, 11) is 0. The molecule has 2 aromatic rings. The van der Waals surface area contributed by atoms with E-state index in [4.69, 9.17) is 4.74 Å². The number of thioether (sulfide) groups is 1. The number of aromatic nitrogens is 1. The number of nitrogens with zero attached hydrogens (tertiary/aromatic N) is 1. The molecule has 1 fully saturated rings. The van der Waals surface area contributed by atoms with E-state index in [-0.39, 0.29) is 11.7 Å². The maximum absolute atomic E-state index is 13.3. The Hall–Kier alpha value is -2.22. The topological polar surface area (TPSA) is 74.4 Å². The van der Waals surface area contributed by atoms with E-state index >= 15 is 0 Å². The van der Waals surface area contributed by atoms with E-state index in [9.17, 15) is 14.0 Å². The Labute approximate surface area is 161 Å². The molecule has 1 aliphatic heterocycles. The van der Waals surface area contributed by atoms with Crippen LogP contribution in [0.25, 0.3) is 10.9 Å². The van der Waals surface area contributed by atoms with E-state index in [0.29, 0.717) is 24.6 Å². The number of carbonyl (C=O) groups excluding carboxylic acids is 2. The van der Waals surface area contributed by atoms with Crippen LogP contribution in [0.5, 0.6) is 0 Å². The molecule has 1 unspecified atom stereocenters. The Morgan fingerprint density at radius 1 is 1.41 bits per heavy atom. The van der Waals surface area contributed by atoms with Gasteiger partial charge in [0.05, 0.1) is 5.88 Å². The predicted octanol–water partition coefficient (Wildman–Crippen LogP) is 3.28. The van der Waals surface area contributed by atoms with Gasteiger partial charge in [0.15, 0.2) is 0 Å². The number of carbonyl (C=O) groups is 2. The highest BCUT2D eigenvalue weighted by Gasteiger charge is 2.36. The highest BCUT2D eigenvalue weighted by Crippen LogP contribution is 2.24. The standard InChI is InChI=1S/C19H24FN3O3S/c1-19(2,3)26-18(25)23-11-27-10-16(23)17(24)21-7-6-12-9-22-15-8-13(20)4-5-14(12)15/h4-5,8-9,16,22H,6-7,10-11H2,1-3H3,(H,21,24). The summed E-state index contributed by atoms with van der Waals surface area (Å²) in [4.78, 5) is 29.3. The summed E-state index contributed by atoms with van der Waals surface area (Å²) in [6, 6.07) is 4.08. The molecule has 0 saturated carbocycles. The van der Waals surface area contributed by atoms with Crippen molar-refractivity contribution in [2.45, 2.75) is 38.8 Å². The Kier molecular flexibility index (Phi) is 5.64. The molecule has 27 heavy (non-hydrogen) atoms. The van der Waals surface area contributed by atoms with Gasteiger partial charge in [-0.25, -0.2) is 9.18 Å². The second kappa shape index (κ2) is 7.80. The molecule has 0 spiro atoms. The van der Waals surface area contributed by atoms with Crippen LogP contribution in [0, 0.1) is 5.82 Å². The van der Waals surface area contributed by atoms with Gasteiger partial charge >= 0.3 is 6.09 Å². The minimum absolute atomic E-state index is 0.184. The monoisotopic (exact) mass is 393 g/mol. The van der Waals surface area contributed by atoms with Crippen molar-refractivity contribution in [3.05, 3.63) is 35.8 Å². The number of aromatic amines is 1. The van der Waals surface area contributed by atoms with Crippen LogP contribution in [0.2, 0.25) is 0 Å². The van der Waals surface area contributed by atoms with Crippen molar-refractivity contribution in [3.8, 4) is 0 Å². The molecule has 146 valence electrons. The number of fused-ring (bicyclic) bond motifs is 1. The van der Waals surface area contributed by atoms with E-state index < -0.39 is 17.7 Å². The Morgan fingerprint density at radius 2 is 2.19 bits per heavy atom. The summed E-state index contributed by atoms with van der Waals surface area (Å²) in [5.41, 5.74) is 1.15. The molecule has 1 saturated heterocycles. The third-order valence-corrected chi connectivity index (χ3v) is 5.25. The summed E-state index contributed by atoms with van der Waals surface area (Å²) in [5.74, 6) is 0.528. The second-order valence-corrected chi connectivity index (χ2v) is 8.51. The summed E-state index contributed by atoms with van der Waals surface area (Å²) in [6.07, 6.45) is 1.98. The van der Waals surface area contributed by atoms with E-state index in [1.54, 1.807) is 26.8 Å². The largest absolute Gasteiger partial charge is 0.444 e. The molecule has 1 aromatic heterocycles. The van der Waals surface area contributed by atoms with Gasteiger partial charge in [-0.3, -0.25) is 9.69 Å². The van der Waals surface area contributed by atoms with Crippen LogP contribution in [-0.2, 0) is 16.0 Å². The van der Waals surface area contributed by atoms with Gasteiger partial charge in [-0.2, -0.15) is 0 Å². The summed E-state index contributed by atoms with van der Waals surface area (Å²) in [6.45, 7) is 5.84. The molecule has 6 nitrogen and oxygen atoms in total. The maximum atomic E-state index is 13.3. The Balaban J connectivity index is 1.56. The Morgan fingerprint density at radius 3 is 2.93 bits per heavy atom. The highest BCUT2D eigenvalue weighted by atomic mass is 32.2. The number of hydrogen-bond acceptors (Lipinski definition) is 4. The van der Waals surface area contributed by atoms with Crippen LogP contribution >= 0.6 is 11.8 Å². The molecule has 8 heteroatoms. The molecule has 2 amide bonds. The average Bonchev–Trinajstić information content (AvgIpc) is 3.20. The van der Waals surface area contributed by atoms with Crippen molar-refractivity contribution >= 4 is 34.7 Å². The van der Waals surface area contributed by atoms with Crippen molar-refractivity contribution in [1.29, 1.82) is 0 Å². The van der Waals surface area contributed by atoms with Crippen molar-refractivity contribution in [3.63, 3.8) is 0 Å². The SMILES string of the molecule is CC(C)(C)OC(=O)N1CSCC1C(=O)NCCc1c[nH]c2cc(F)ccc12. The molecular formula is C19H24FN3O3S. The third-order valence-electron chi connectivity index (χ3n) is 4.24. The van der Waals surface area contributed by atoms with Crippen LogP contribution in [0.3, 0.4) is 0 Å². The lowest BCUT2D eigenvalue weighted by Crippen LogP contribution is -2.49. The summed E-state index contributed by atoms with van der Waals surface area (Å²) < 4.78 is 18.6. The predicted molar refractivity (Wildman–Crippen MR) is 104 cm³/mol. The number of nitrogens with one attached hydrogen (secondary N) is 2. The first-order chi connectivity index (χ1) is 12.7. The van der Waals surface area contributed by atoms with Crippen molar-refractivity contribution in [2.24, 2.45) is 0 Å². The van der Waals surface area contributed by atoms with Gasteiger partial charge in [0.25, 0.3) is 0 Å². The van der Waals surface area contributed by atoms with E-state index in [1.807, 2.05) is 6.20 Å². The summed E-state index contributed by atoms with van der Waals surface area (Å²) in [5, 5.41) is 3.84. The van der Waals surface area contributed by atoms with Crippen LogP contribution in [-0.4, -0.2) is 51.7 Å². The quantitative estimate of drug-likeness (QED) is 0.836. The molecule has 1 aromatic carbocycles. The fourth-order valence-electron chi connectivity index (χ4n) is 2.96. The molecule has 2 heterocycles. The number of halogens is 1. The van der Waals surface area contributed by atoms with Gasteiger partial charge < -0.3 is 15.0 Å². The normalized spacial score (nSPS) is 17.3. The number of hydrogen-bond donors (Lipinski definition) is 2. The van der Waals surface area contributed by atoms with Crippen LogP contribution < -0.4 is 5.32 Å². The molecule has 0 radical (unpaired) electrons. The van der Waals surface area contributed by atoms with E-state index in [2.05, 4.69) is 10.3 Å². The number of amides is 2. The highest BCUT2D eigenvalue weighted by molar-refractivity contribution is 7.99. The fraction of sp³-hybridized carbons (Fsp3) is 0.474. The molecule has 1 atom stereocenters. The van der Waals surface area contributed by atoms with Gasteiger partial charge in [0, 0.05) is 29.4 Å². The minimum atomic E-state index is -0.597. The molecule has 1 aliphatic rings. The van der Waals surface area contributed by atoms with Crippen LogP contribution in [0.15, 0.2) is 24.4 Å². The molecule has 0 bridgehead atoms. The van der Waals surface area contributed by atoms with Gasteiger partial charge in [-0.05, 0) is 51.0 Å². The van der Waals surface area contributed by atoms with E-state index in [0.717, 1.165) is 16.5 Å². The first-order valence-corrected chi connectivity index (χ1v) is 10.0. The lowest BCUT2D eigenvalue weighted by atomic mass is 10.1. The zero-order chi connectivity index (χ0) is 19.6. The van der Waals surface area contributed by atoms with Gasteiger partial charge in [-0.15, -0.1) is 11.8 Å². The van der Waals surface area contributed by atoms with Crippen molar-refractivity contribution in [1.82, 2.24) is 15.2 Å². The van der Waals surface area contributed by atoms with Crippen molar-refractivity contribution < 1.29 is 18.7 Å². The van der Waals surface area contributed by atoms with E-state index in [1.165, 1.54) is 28.8 Å². The number of benzene rings is 1. The zero-order valence-corrected chi connectivity index (χ0v) is 16.5. The number of H-pyrrole nitrogens is 1. The van der Waals surface area contributed by atoms with Gasteiger partial charge in [-0.1, -0.05) is 0 Å². The number of rotatable bonds is 4. The minimum Gasteiger partial charge on any atom is -0.444 e. The van der Waals surface area contributed by atoms with Crippen molar-refractivity contribution in [2.75, 3.05) is 18.2 Å². The van der Waals surface area contributed by atoms with Gasteiger partial charge in [0.2, 0.25) is 5.91 Å². The molecule has 0 aliphatic carbocycles. The van der Waals surface area contributed by atoms with Gasteiger partial charge in [0.1, 0.15) is 17.5 Å². The maximum Gasteiger partial charge on any atom is 0.411 e. The first-order valence-electron chi connectivity index (χ1n) is 8.85. The molecule has 3 rings (SSSR count). The molecule has 2 N–H and O–H groups in total. The molecular weight excluding hydrogens is 369 g/mol. The van der Waals surface area contributed by atoms with Crippen LogP contribution in [0.1, 0.15) is 26.3 Å². The zero-order valence-electron chi connectivity index (χ0n) is 15.7.